The number of aryl methyl sites for hydroxylation is 2. The highest BCUT2D eigenvalue weighted by molar-refractivity contribution is 8.17. The molecule has 36 heavy (non-hydrogen) atoms. The minimum Gasteiger partial charge on any atom is -0.490 e. The molecule has 0 aliphatic carbocycles. The second kappa shape index (κ2) is 10.3. The van der Waals surface area contributed by atoms with Gasteiger partial charge in [0.1, 0.15) is 30.5 Å². The van der Waals surface area contributed by atoms with Gasteiger partial charge in [0.25, 0.3) is 5.91 Å². The molecule has 3 aromatic rings. The highest BCUT2D eigenvalue weighted by Gasteiger charge is 2.36. The summed E-state index contributed by atoms with van der Waals surface area (Å²) < 4.78 is 11.6. The number of rotatable bonds is 7. The Balaban J connectivity index is 1.23. The first-order valence-electron chi connectivity index (χ1n) is 11.6. The highest BCUT2D eigenvalue weighted by Crippen LogP contribution is 2.37. The summed E-state index contributed by atoms with van der Waals surface area (Å²) in [5.41, 5.74) is 5.28. The molecule has 0 fully saturated rings. The molecule has 0 saturated heterocycles. The van der Waals surface area contributed by atoms with E-state index < -0.39 is 5.91 Å². The molecule has 0 bridgehead atoms. The Kier molecular flexibility index (Phi) is 6.73. The van der Waals surface area contributed by atoms with E-state index >= 15 is 0 Å². The van der Waals surface area contributed by atoms with Crippen LogP contribution in [0.25, 0.3) is 11.8 Å². The predicted molar refractivity (Wildman–Crippen MR) is 145 cm³/mol. The number of amidine groups is 2. The number of aliphatic imine (C=N–C) groups is 1. The van der Waals surface area contributed by atoms with Gasteiger partial charge in [0.15, 0.2) is 5.17 Å². The monoisotopic (exact) mass is 495 g/mol. The van der Waals surface area contributed by atoms with Crippen molar-refractivity contribution in [1.29, 1.82) is 5.41 Å². The Hall–Kier alpha value is -4.10. The lowest BCUT2D eigenvalue weighted by molar-refractivity contribution is -0.114. The van der Waals surface area contributed by atoms with Gasteiger partial charge in [-0.3, -0.25) is 15.1 Å². The van der Waals surface area contributed by atoms with Crippen molar-refractivity contribution in [3.05, 3.63) is 106 Å². The van der Waals surface area contributed by atoms with Gasteiger partial charge in [0.2, 0.25) is 0 Å². The van der Waals surface area contributed by atoms with Crippen molar-refractivity contribution in [3.8, 4) is 11.5 Å². The van der Waals surface area contributed by atoms with Crippen molar-refractivity contribution < 1.29 is 14.3 Å². The van der Waals surface area contributed by atoms with Crippen molar-refractivity contribution >= 4 is 40.4 Å². The molecule has 180 valence electrons. The third-order valence-corrected chi connectivity index (χ3v) is 6.80. The minimum absolute atomic E-state index is 0.119. The Morgan fingerprint density at radius 3 is 2.33 bits per heavy atom. The van der Waals surface area contributed by atoms with Crippen molar-refractivity contribution in [1.82, 2.24) is 4.90 Å². The first kappa shape index (κ1) is 23.6. The number of hydrogen-bond donors (Lipinski definition) is 1. The zero-order valence-corrected chi connectivity index (χ0v) is 20.8. The van der Waals surface area contributed by atoms with E-state index in [0.29, 0.717) is 24.1 Å². The number of nitrogens with one attached hydrogen (secondary N) is 1. The summed E-state index contributed by atoms with van der Waals surface area (Å²) in [7, 11) is 0. The fraction of sp³-hybridized carbons (Fsp3) is 0.138. The lowest BCUT2D eigenvalue weighted by Gasteiger charge is -2.26. The summed E-state index contributed by atoms with van der Waals surface area (Å²) >= 11 is 1.35. The number of nitrogens with zero attached hydrogens (tertiary/aromatic N) is 2. The van der Waals surface area contributed by atoms with E-state index in [1.165, 1.54) is 22.9 Å². The lowest BCUT2D eigenvalue weighted by Crippen LogP contribution is -2.38. The molecule has 0 saturated carbocycles. The van der Waals surface area contributed by atoms with Crippen molar-refractivity contribution in [2.24, 2.45) is 4.99 Å². The second-order valence-corrected chi connectivity index (χ2v) is 9.28. The van der Waals surface area contributed by atoms with Crippen LogP contribution in [0.15, 0.2) is 88.8 Å². The van der Waals surface area contributed by atoms with E-state index in [4.69, 9.17) is 14.9 Å². The van der Waals surface area contributed by atoms with E-state index in [0.717, 1.165) is 22.6 Å². The number of thioether (sulfide) groups is 1. The molecule has 2 aliphatic heterocycles. The van der Waals surface area contributed by atoms with Gasteiger partial charge in [-0.05, 0) is 66.4 Å². The van der Waals surface area contributed by atoms with Crippen LogP contribution in [-0.2, 0) is 4.79 Å². The largest absolute Gasteiger partial charge is 0.490 e. The fourth-order valence-electron chi connectivity index (χ4n) is 3.86. The molecule has 3 aromatic carbocycles. The summed E-state index contributed by atoms with van der Waals surface area (Å²) in [4.78, 5) is 18.6. The van der Waals surface area contributed by atoms with Crippen LogP contribution in [0.2, 0.25) is 0 Å². The van der Waals surface area contributed by atoms with Gasteiger partial charge in [0, 0.05) is 5.41 Å². The Labute approximate surface area is 214 Å². The van der Waals surface area contributed by atoms with E-state index in [9.17, 15) is 4.79 Å². The van der Waals surface area contributed by atoms with Gasteiger partial charge in [-0.15, -0.1) is 0 Å². The molecular formula is C29H25N3O3S. The number of benzene rings is 3. The summed E-state index contributed by atoms with van der Waals surface area (Å²) in [6, 6.07) is 23.2. The zero-order chi connectivity index (χ0) is 25.1. The van der Waals surface area contributed by atoms with Gasteiger partial charge in [-0.25, -0.2) is 0 Å². The third kappa shape index (κ3) is 4.97. The smallest absolute Gasteiger partial charge is 0.283 e. The molecule has 0 unspecified atom stereocenters. The van der Waals surface area contributed by atoms with Crippen LogP contribution in [-0.4, -0.2) is 35.0 Å². The van der Waals surface area contributed by atoms with Crippen LogP contribution in [0.5, 0.6) is 11.5 Å². The zero-order valence-electron chi connectivity index (χ0n) is 20.0. The standard InChI is InChI=1S/C29H25N3O3S/c1-19-8-11-24(16-20(19)2)35-15-14-34-23-12-9-21(10-13-23)17-25-27(30)32-26(22-6-4-3-5-7-22)18-36-29(32)31-28(25)33/h3-13,16-18,30H,14-15H2,1-2H3/b25-17-,30-27?. The number of ether oxygens (including phenoxy) is 2. The number of fused-ring (bicyclic) bond motifs is 1. The molecule has 5 rings (SSSR count). The van der Waals surface area contributed by atoms with E-state index in [2.05, 4.69) is 18.8 Å². The average Bonchev–Trinajstić information content (AvgIpc) is 3.32. The lowest BCUT2D eigenvalue weighted by atomic mass is 10.1. The maximum atomic E-state index is 12.7. The molecule has 0 radical (unpaired) electrons. The maximum Gasteiger partial charge on any atom is 0.283 e. The van der Waals surface area contributed by atoms with Crippen LogP contribution in [0, 0.1) is 19.3 Å². The van der Waals surface area contributed by atoms with Crippen molar-refractivity contribution in [2.75, 3.05) is 13.2 Å². The molecule has 1 amide bonds. The quantitative estimate of drug-likeness (QED) is 0.318. The van der Waals surface area contributed by atoms with Gasteiger partial charge >= 0.3 is 0 Å². The molecule has 6 nitrogen and oxygen atoms in total. The molecule has 0 spiro atoms. The van der Waals surface area contributed by atoms with Crippen molar-refractivity contribution in [2.45, 2.75) is 13.8 Å². The predicted octanol–water partition coefficient (Wildman–Crippen LogP) is 6.07. The normalized spacial score (nSPS) is 16.1. The number of carbonyl (C=O) groups is 1. The van der Waals surface area contributed by atoms with Crippen LogP contribution in [0.4, 0.5) is 0 Å². The summed E-state index contributed by atoms with van der Waals surface area (Å²) in [6.07, 6.45) is 1.70. The first-order valence-corrected chi connectivity index (χ1v) is 12.5. The summed E-state index contributed by atoms with van der Waals surface area (Å²) in [5, 5.41) is 11.2. The van der Waals surface area contributed by atoms with Gasteiger partial charge in [-0.1, -0.05) is 60.3 Å². The maximum absolute atomic E-state index is 12.7. The molecule has 2 heterocycles. The summed E-state index contributed by atoms with van der Waals surface area (Å²) in [5.74, 6) is 1.24. The summed E-state index contributed by atoms with van der Waals surface area (Å²) in [6.45, 7) is 4.98. The third-order valence-electron chi connectivity index (χ3n) is 5.97. The molecular weight excluding hydrogens is 470 g/mol. The van der Waals surface area contributed by atoms with Gasteiger partial charge in [-0.2, -0.15) is 4.99 Å². The Bertz CT molecular complexity index is 1410. The van der Waals surface area contributed by atoms with Gasteiger partial charge in [0.05, 0.1) is 11.3 Å². The fourth-order valence-corrected chi connectivity index (χ4v) is 4.75. The Morgan fingerprint density at radius 2 is 1.61 bits per heavy atom. The van der Waals surface area contributed by atoms with Crippen molar-refractivity contribution in [3.63, 3.8) is 0 Å². The number of amides is 1. The SMILES string of the molecule is Cc1ccc(OCCOc2ccc(/C=C3/C(=N)N4C(c5ccccc5)=CSC4=NC3=O)cc2)cc1C. The number of hydrogen-bond acceptors (Lipinski definition) is 5. The molecule has 2 aliphatic rings. The van der Waals surface area contributed by atoms with E-state index in [-0.39, 0.29) is 11.4 Å². The van der Waals surface area contributed by atoms with Crippen LogP contribution in [0.3, 0.4) is 0 Å². The second-order valence-electron chi connectivity index (χ2n) is 8.44. The first-order chi connectivity index (χ1) is 17.5. The molecule has 0 atom stereocenters. The Morgan fingerprint density at radius 1 is 0.917 bits per heavy atom. The molecule has 1 N–H and O–H groups in total. The van der Waals surface area contributed by atoms with Gasteiger partial charge < -0.3 is 9.47 Å². The molecule has 7 heteroatoms. The molecule has 0 aromatic heterocycles. The average molecular weight is 496 g/mol. The van der Waals surface area contributed by atoms with Crippen LogP contribution in [0.1, 0.15) is 22.3 Å². The minimum atomic E-state index is -0.412. The topological polar surface area (TPSA) is 75.0 Å². The van der Waals surface area contributed by atoms with Crippen LogP contribution >= 0.6 is 11.8 Å². The van der Waals surface area contributed by atoms with Crippen LogP contribution < -0.4 is 9.47 Å². The van der Waals surface area contributed by atoms with E-state index in [1.54, 1.807) is 11.0 Å². The van der Waals surface area contributed by atoms with E-state index in [1.807, 2.05) is 78.2 Å². The number of carbonyl (C=O) groups excluding carboxylic acids is 1. The highest BCUT2D eigenvalue weighted by atomic mass is 32.2.